The number of nitrogens with one attached hydrogen (secondary N) is 2. The van der Waals surface area contributed by atoms with Crippen molar-refractivity contribution in [2.24, 2.45) is 11.8 Å². The van der Waals surface area contributed by atoms with Crippen LogP contribution in [0.2, 0.25) is 0 Å². The molecule has 1 amide bonds. The van der Waals surface area contributed by atoms with Crippen molar-refractivity contribution in [2.45, 2.75) is 108 Å². The van der Waals surface area contributed by atoms with E-state index in [2.05, 4.69) is 10.0 Å². The molecule has 2 aliphatic carbocycles. The van der Waals surface area contributed by atoms with E-state index in [1.807, 2.05) is 0 Å². The second-order valence-electron chi connectivity index (χ2n) is 12.8. The molecule has 0 radical (unpaired) electrons. The minimum absolute atomic E-state index is 0.00737. The molecule has 0 atom stereocenters. The van der Waals surface area contributed by atoms with Gasteiger partial charge in [-0.15, -0.1) is 11.3 Å². The van der Waals surface area contributed by atoms with Gasteiger partial charge >= 0.3 is 5.97 Å². The Morgan fingerprint density at radius 2 is 1.73 bits per heavy atom. The number of carboxylic acid groups (broad SMARTS) is 1. The Hall–Kier alpha value is -2.34. The molecule has 40 heavy (non-hydrogen) atoms. The van der Waals surface area contributed by atoms with Crippen LogP contribution in [-0.4, -0.2) is 47.1 Å². The van der Waals surface area contributed by atoms with Crippen molar-refractivity contribution in [1.82, 2.24) is 15.0 Å². The van der Waals surface area contributed by atoms with Gasteiger partial charge in [-0.2, -0.15) is 0 Å². The number of hydrogen-bond donors (Lipinski definition) is 4. The van der Waals surface area contributed by atoms with E-state index in [1.165, 1.54) is 36.7 Å². The van der Waals surface area contributed by atoms with Gasteiger partial charge in [-0.3, -0.25) is 9.59 Å². The Balaban J connectivity index is 1.71. The first-order chi connectivity index (χ1) is 18.5. The van der Waals surface area contributed by atoms with Gasteiger partial charge in [0.15, 0.2) is 5.01 Å². The Morgan fingerprint density at radius 3 is 2.30 bits per heavy atom. The first-order valence-corrected chi connectivity index (χ1v) is 16.3. The third-order valence-corrected chi connectivity index (χ3v) is 10.5. The van der Waals surface area contributed by atoms with Gasteiger partial charge in [0.1, 0.15) is 0 Å². The second kappa shape index (κ2) is 11.5. The topological polar surface area (TPSA) is 146 Å². The molecule has 2 saturated carbocycles. The van der Waals surface area contributed by atoms with Crippen LogP contribution in [0.4, 0.5) is 0 Å². The first kappa shape index (κ1) is 30.6. The molecule has 2 aliphatic rings. The van der Waals surface area contributed by atoms with Gasteiger partial charge in [0.25, 0.3) is 5.91 Å². The third kappa shape index (κ3) is 7.29. The van der Waals surface area contributed by atoms with Crippen LogP contribution >= 0.6 is 11.3 Å². The molecular weight excluding hydrogens is 550 g/mol. The number of benzene rings is 1. The Labute approximate surface area is 240 Å². The fourth-order valence-electron chi connectivity index (χ4n) is 5.50. The summed E-state index contributed by atoms with van der Waals surface area (Å²) in [6, 6.07) is 4.74. The van der Waals surface area contributed by atoms with Crippen molar-refractivity contribution >= 4 is 33.2 Å². The summed E-state index contributed by atoms with van der Waals surface area (Å²) in [7, 11) is -3.92. The Kier molecular flexibility index (Phi) is 8.80. The van der Waals surface area contributed by atoms with Crippen LogP contribution in [0.25, 0.3) is 10.4 Å². The van der Waals surface area contributed by atoms with E-state index in [1.54, 1.807) is 46.8 Å². The minimum atomic E-state index is -3.92. The lowest BCUT2D eigenvalue weighted by Crippen LogP contribution is -2.46. The SMILES string of the molecule is CC(C)(C)NS(=O)(=O)c1ccc(-c2sc(C(=O)NC3CC(C(=O)O)C3)nc2CC2CCCCC2)cc1C(C)(C)O. The molecule has 0 aliphatic heterocycles. The minimum Gasteiger partial charge on any atom is -0.481 e. The summed E-state index contributed by atoms with van der Waals surface area (Å²) in [5.74, 6) is -1.14. The highest BCUT2D eigenvalue weighted by atomic mass is 32.2. The summed E-state index contributed by atoms with van der Waals surface area (Å²) >= 11 is 1.25. The molecule has 1 aromatic carbocycles. The number of amides is 1. The first-order valence-electron chi connectivity index (χ1n) is 14.0. The monoisotopic (exact) mass is 591 g/mol. The number of rotatable bonds is 9. The second-order valence-corrected chi connectivity index (χ2v) is 15.5. The molecule has 1 heterocycles. The van der Waals surface area contributed by atoms with E-state index in [0.717, 1.165) is 23.4 Å². The third-order valence-electron chi connectivity index (χ3n) is 7.55. The van der Waals surface area contributed by atoms with Crippen LogP contribution in [0.3, 0.4) is 0 Å². The maximum Gasteiger partial charge on any atom is 0.306 e. The Morgan fingerprint density at radius 1 is 1.07 bits per heavy atom. The van der Waals surface area contributed by atoms with Crippen LogP contribution in [0.5, 0.6) is 0 Å². The predicted molar refractivity (Wildman–Crippen MR) is 155 cm³/mol. The number of sulfonamides is 1. The summed E-state index contributed by atoms with van der Waals surface area (Å²) in [4.78, 5) is 29.8. The van der Waals surface area contributed by atoms with Gasteiger partial charge < -0.3 is 15.5 Å². The Bertz CT molecular complexity index is 1360. The highest BCUT2D eigenvalue weighted by molar-refractivity contribution is 7.89. The lowest BCUT2D eigenvalue weighted by Gasteiger charge is -2.32. The van der Waals surface area contributed by atoms with E-state index in [-0.39, 0.29) is 22.4 Å². The summed E-state index contributed by atoms with van der Waals surface area (Å²) in [5.41, 5.74) is -0.393. The predicted octanol–water partition coefficient (Wildman–Crippen LogP) is 4.83. The van der Waals surface area contributed by atoms with Gasteiger partial charge in [-0.25, -0.2) is 18.1 Å². The molecule has 1 aromatic heterocycles. The lowest BCUT2D eigenvalue weighted by molar-refractivity contribution is -0.145. The number of aromatic nitrogens is 1. The van der Waals surface area contributed by atoms with Crippen molar-refractivity contribution in [3.63, 3.8) is 0 Å². The van der Waals surface area contributed by atoms with E-state index < -0.39 is 33.1 Å². The van der Waals surface area contributed by atoms with Crippen LogP contribution < -0.4 is 10.0 Å². The lowest BCUT2D eigenvalue weighted by atomic mass is 9.80. The number of carbonyl (C=O) groups excluding carboxylic acids is 1. The van der Waals surface area contributed by atoms with E-state index in [0.29, 0.717) is 35.8 Å². The quantitative estimate of drug-likeness (QED) is 0.327. The number of carboxylic acids is 1. The zero-order valence-electron chi connectivity index (χ0n) is 23.9. The standard InChI is InChI=1S/C29H41N3O6S2/c1-28(2,3)32-40(37,38)23-12-11-18(16-21(23)29(4,5)36)24-22(13-17-9-7-6-8-10-17)31-26(39-24)25(33)30-20-14-19(15-20)27(34)35/h11-12,16-17,19-20,32,36H,6-10,13-15H2,1-5H3,(H,30,33)(H,34,35). The summed E-state index contributed by atoms with van der Waals surface area (Å²) in [5, 5.41) is 23.4. The maximum atomic E-state index is 13.3. The molecule has 4 rings (SSSR count). The number of aliphatic carboxylic acids is 1. The van der Waals surface area contributed by atoms with E-state index >= 15 is 0 Å². The molecule has 2 fully saturated rings. The largest absolute Gasteiger partial charge is 0.481 e. The zero-order chi connectivity index (χ0) is 29.5. The fourth-order valence-corrected chi connectivity index (χ4v) is 8.26. The molecule has 0 unspecified atom stereocenters. The molecule has 220 valence electrons. The number of carbonyl (C=O) groups is 2. The van der Waals surface area contributed by atoms with Crippen LogP contribution in [0.1, 0.15) is 101 Å². The number of thiazole rings is 1. The summed E-state index contributed by atoms with van der Waals surface area (Å²) in [6.07, 6.45) is 7.28. The van der Waals surface area contributed by atoms with Crippen LogP contribution in [0.15, 0.2) is 23.1 Å². The normalized spacial score (nSPS) is 20.6. The maximum absolute atomic E-state index is 13.3. The van der Waals surface area contributed by atoms with Crippen molar-refractivity contribution in [2.75, 3.05) is 0 Å². The molecule has 0 spiro atoms. The smallest absolute Gasteiger partial charge is 0.306 e. The van der Waals surface area contributed by atoms with E-state index in [9.17, 15) is 23.1 Å². The highest BCUT2D eigenvalue weighted by Crippen LogP contribution is 2.39. The van der Waals surface area contributed by atoms with Gasteiger partial charge in [0.2, 0.25) is 10.0 Å². The molecule has 11 heteroatoms. The molecule has 0 saturated heterocycles. The van der Waals surface area contributed by atoms with Crippen molar-refractivity contribution in [3.05, 3.63) is 34.5 Å². The van der Waals surface area contributed by atoms with Crippen molar-refractivity contribution in [1.29, 1.82) is 0 Å². The van der Waals surface area contributed by atoms with E-state index in [4.69, 9.17) is 10.1 Å². The molecule has 0 bridgehead atoms. The molecular formula is C29H41N3O6S2. The fraction of sp³-hybridized carbons (Fsp3) is 0.621. The van der Waals surface area contributed by atoms with Crippen LogP contribution in [-0.2, 0) is 26.8 Å². The number of aliphatic hydroxyl groups is 1. The highest BCUT2D eigenvalue weighted by Gasteiger charge is 2.36. The number of hydrogen-bond acceptors (Lipinski definition) is 7. The van der Waals surface area contributed by atoms with Gasteiger partial charge in [-0.1, -0.05) is 38.2 Å². The van der Waals surface area contributed by atoms with Gasteiger partial charge in [-0.05, 0) is 77.5 Å². The van der Waals surface area contributed by atoms with Gasteiger partial charge in [0.05, 0.1) is 27.0 Å². The zero-order valence-corrected chi connectivity index (χ0v) is 25.5. The average Bonchev–Trinajstić information content (AvgIpc) is 3.22. The summed E-state index contributed by atoms with van der Waals surface area (Å²) < 4.78 is 29.2. The van der Waals surface area contributed by atoms with Crippen molar-refractivity contribution < 1.29 is 28.2 Å². The number of nitrogens with zero attached hydrogens (tertiary/aromatic N) is 1. The van der Waals surface area contributed by atoms with Crippen molar-refractivity contribution in [3.8, 4) is 10.4 Å². The summed E-state index contributed by atoms with van der Waals surface area (Å²) in [6.45, 7) is 8.39. The van der Waals surface area contributed by atoms with Gasteiger partial charge in [0, 0.05) is 17.1 Å². The average molecular weight is 592 g/mol. The molecule has 9 nitrogen and oxygen atoms in total. The molecule has 4 N–H and O–H groups in total. The van der Waals surface area contributed by atoms with Crippen LogP contribution in [0, 0.1) is 11.8 Å². The molecule has 2 aromatic rings.